The number of nitrogen functional groups attached to an aromatic ring is 1. The van der Waals surface area contributed by atoms with Crippen molar-refractivity contribution in [3.05, 3.63) is 60.3 Å². The molecule has 1 aromatic heterocycles. The van der Waals surface area contributed by atoms with Crippen LogP contribution in [0.15, 0.2) is 54.7 Å². The lowest BCUT2D eigenvalue weighted by Gasteiger charge is -2.26. The van der Waals surface area contributed by atoms with Crippen molar-refractivity contribution in [2.24, 2.45) is 0 Å². The van der Waals surface area contributed by atoms with Crippen LogP contribution in [-0.4, -0.2) is 29.3 Å². The molecule has 0 atom stereocenters. The monoisotopic (exact) mass is 402 g/mol. The molecule has 4 rings (SSSR count). The number of halogens is 3. The number of nitrogens with one attached hydrogen (secondary N) is 1. The second-order valence-electron chi connectivity index (χ2n) is 6.50. The topological polar surface area (TPSA) is 82.3 Å². The SMILES string of the molecule is Nc1ccc(Nc2ccc(C(F)(F)F)cc2)c(-c2nccc(OC3COC3)n2)c1. The molecular formula is C20H17F3N4O2. The van der Waals surface area contributed by atoms with E-state index in [0.717, 1.165) is 12.1 Å². The van der Waals surface area contributed by atoms with Crippen molar-refractivity contribution < 1.29 is 22.6 Å². The molecule has 29 heavy (non-hydrogen) atoms. The second kappa shape index (κ2) is 7.59. The van der Waals surface area contributed by atoms with E-state index in [4.69, 9.17) is 15.2 Å². The quantitative estimate of drug-likeness (QED) is 0.621. The average molecular weight is 402 g/mol. The largest absolute Gasteiger partial charge is 0.469 e. The summed E-state index contributed by atoms with van der Waals surface area (Å²) in [5.74, 6) is 0.788. The van der Waals surface area contributed by atoms with E-state index < -0.39 is 11.7 Å². The highest BCUT2D eigenvalue weighted by molar-refractivity contribution is 5.80. The van der Waals surface area contributed by atoms with Gasteiger partial charge in [0, 0.05) is 34.9 Å². The first-order valence-corrected chi connectivity index (χ1v) is 8.80. The van der Waals surface area contributed by atoms with Crippen molar-refractivity contribution >= 4 is 17.1 Å². The summed E-state index contributed by atoms with van der Waals surface area (Å²) in [4.78, 5) is 8.71. The molecule has 0 unspecified atom stereocenters. The van der Waals surface area contributed by atoms with Gasteiger partial charge < -0.3 is 20.5 Å². The van der Waals surface area contributed by atoms with Gasteiger partial charge in [-0.25, -0.2) is 4.98 Å². The smallest absolute Gasteiger partial charge is 0.416 e. The van der Waals surface area contributed by atoms with Crippen molar-refractivity contribution in [2.75, 3.05) is 24.3 Å². The van der Waals surface area contributed by atoms with E-state index in [-0.39, 0.29) is 6.10 Å². The van der Waals surface area contributed by atoms with Crippen LogP contribution < -0.4 is 15.8 Å². The lowest BCUT2D eigenvalue weighted by molar-refractivity contribution is -0.137. The summed E-state index contributed by atoms with van der Waals surface area (Å²) in [6.07, 6.45) is -2.85. The first kappa shape index (κ1) is 19.0. The van der Waals surface area contributed by atoms with Crippen molar-refractivity contribution in [2.45, 2.75) is 12.3 Å². The molecule has 1 aliphatic heterocycles. The standard InChI is InChI=1S/C20H17F3N4O2/c21-20(22,23)12-1-4-14(5-2-12)26-17-6-3-13(24)9-16(17)19-25-8-7-18(27-19)29-15-10-28-11-15/h1-9,15,26H,10-11,24H2. The molecule has 1 fully saturated rings. The number of nitrogens with two attached hydrogens (primary N) is 1. The predicted molar refractivity (Wildman–Crippen MR) is 102 cm³/mol. The van der Waals surface area contributed by atoms with Gasteiger partial charge in [0.15, 0.2) is 5.82 Å². The van der Waals surface area contributed by atoms with Gasteiger partial charge in [-0.15, -0.1) is 0 Å². The zero-order chi connectivity index (χ0) is 20.4. The van der Waals surface area contributed by atoms with Crippen molar-refractivity contribution in [3.63, 3.8) is 0 Å². The second-order valence-corrected chi connectivity index (χ2v) is 6.50. The number of nitrogens with zero attached hydrogens (tertiary/aromatic N) is 2. The Hall–Kier alpha value is -3.33. The maximum Gasteiger partial charge on any atom is 0.416 e. The number of hydrogen-bond acceptors (Lipinski definition) is 6. The molecule has 6 nitrogen and oxygen atoms in total. The number of alkyl halides is 3. The molecule has 0 bridgehead atoms. The van der Waals surface area contributed by atoms with Crippen LogP contribution in [0.25, 0.3) is 11.4 Å². The molecule has 2 heterocycles. The normalized spacial score (nSPS) is 14.3. The third-order valence-corrected chi connectivity index (χ3v) is 4.30. The number of hydrogen-bond donors (Lipinski definition) is 2. The van der Waals surface area contributed by atoms with E-state index in [2.05, 4.69) is 15.3 Å². The molecular weight excluding hydrogens is 385 g/mol. The van der Waals surface area contributed by atoms with E-state index in [9.17, 15) is 13.2 Å². The van der Waals surface area contributed by atoms with Gasteiger partial charge in [-0.05, 0) is 42.5 Å². The number of rotatable bonds is 5. The van der Waals surface area contributed by atoms with Crippen LogP contribution in [-0.2, 0) is 10.9 Å². The molecule has 0 spiro atoms. The summed E-state index contributed by atoms with van der Waals surface area (Å²) in [6.45, 7) is 1.02. The predicted octanol–water partition coefficient (Wildman–Crippen LogP) is 4.27. The molecule has 3 aromatic rings. The molecule has 2 aromatic carbocycles. The Bertz CT molecular complexity index is 1010. The van der Waals surface area contributed by atoms with Gasteiger partial charge in [-0.1, -0.05) is 0 Å². The molecule has 3 N–H and O–H groups in total. The van der Waals surface area contributed by atoms with E-state index in [1.54, 1.807) is 30.5 Å². The van der Waals surface area contributed by atoms with Crippen molar-refractivity contribution in [3.8, 4) is 17.3 Å². The highest BCUT2D eigenvalue weighted by Gasteiger charge is 2.30. The summed E-state index contributed by atoms with van der Waals surface area (Å²) < 4.78 is 49.1. The van der Waals surface area contributed by atoms with Crippen LogP contribution in [0.3, 0.4) is 0 Å². The highest BCUT2D eigenvalue weighted by Crippen LogP contribution is 2.33. The van der Waals surface area contributed by atoms with Crippen LogP contribution in [0.5, 0.6) is 5.88 Å². The maximum atomic E-state index is 12.8. The lowest BCUT2D eigenvalue weighted by Crippen LogP contribution is -2.38. The summed E-state index contributed by atoms with van der Waals surface area (Å²) in [7, 11) is 0. The van der Waals surface area contributed by atoms with E-state index in [0.29, 0.717) is 47.5 Å². The Morgan fingerprint density at radius 1 is 1.07 bits per heavy atom. The van der Waals surface area contributed by atoms with Crippen LogP contribution in [0.4, 0.5) is 30.2 Å². The van der Waals surface area contributed by atoms with Gasteiger partial charge in [0.05, 0.1) is 18.8 Å². The van der Waals surface area contributed by atoms with Gasteiger partial charge in [0.2, 0.25) is 5.88 Å². The average Bonchev–Trinajstić information content (AvgIpc) is 2.66. The van der Waals surface area contributed by atoms with E-state index >= 15 is 0 Å². The Morgan fingerprint density at radius 2 is 1.83 bits per heavy atom. The minimum atomic E-state index is -4.38. The van der Waals surface area contributed by atoms with Gasteiger partial charge in [-0.2, -0.15) is 18.2 Å². The zero-order valence-electron chi connectivity index (χ0n) is 15.1. The third kappa shape index (κ3) is 4.40. The Balaban J connectivity index is 1.62. The molecule has 150 valence electrons. The van der Waals surface area contributed by atoms with Gasteiger partial charge in [0.1, 0.15) is 6.10 Å². The highest BCUT2D eigenvalue weighted by atomic mass is 19.4. The van der Waals surface area contributed by atoms with E-state index in [1.807, 2.05) is 0 Å². The fourth-order valence-corrected chi connectivity index (χ4v) is 2.74. The van der Waals surface area contributed by atoms with Gasteiger partial charge in [0.25, 0.3) is 0 Å². The minimum absolute atomic E-state index is 0.0386. The number of benzene rings is 2. The van der Waals surface area contributed by atoms with Crippen LogP contribution in [0.1, 0.15) is 5.56 Å². The number of ether oxygens (including phenoxy) is 2. The fraction of sp³-hybridized carbons (Fsp3) is 0.200. The molecule has 0 aliphatic carbocycles. The zero-order valence-corrected chi connectivity index (χ0v) is 15.1. The summed E-state index contributed by atoms with van der Waals surface area (Å²) in [6, 6.07) is 11.5. The summed E-state index contributed by atoms with van der Waals surface area (Å²) in [5.41, 5.74) is 7.39. The third-order valence-electron chi connectivity index (χ3n) is 4.30. The fourth-order valence-electron chi connectivity index (χ4n) is 2.74. The molecule has 1 aliphatic rings. The van der Waals surface area contributed by atoms with Gasteiger partial charge >= 0.3 is 6.18 Å². The first-order chi connectivity index (χ1) is 13.9. The van der Waals surface area contributed by atoms with Crippen LogP contribution in [0.2, 0.25) is 0 Å². The van der Waals surface area contributed by atoms with Crippen LogP contribution >= 0.6 is 0 Å². The van der Waals surface area contributed by atoms with Gasteiger partial charge in [-0.3, -0.25) is 0 Å². The summed E-state index contributed by atoms with van der Waals surface area (Å²) >= 11 is 0. The van der Waals surface area contributed by atoms with Crippen molar-refractivity contribution in [1.82, 2.24) is 9.97 Å². The molecule has 9 heteroatoms. The lowest BCUT2D eigenvalue weighted by atomic mass is 10.1. The molecule has 0 radical (unpaired) electrons. The first-order valence-electron chi connectivity index (χ1n) is 8.80. The minimum Gasteiger partial charge on any atom is -0.469 e. The maximum absolute atomic E-state index is 12.8. The molecule has 1 saturated heterocycles. The molecule has 0 saturated carbocycles. The summed E-state index contributed by atoms with van der Waals surface area (Å²) in [5, 5.41) is 3.10. The Morgan fingerprint density at radius 3 is 2.48 bits per heavy atom. The molecule has 0 amide bonds. The Labute approximate surface area is 164 Å². The Kier molecular flexibility index (Phi) is 4.98. The number of aromatic nitrogens is 2. The van der Waals surface area contributed by atoms with E-state index in [1.165, 1.54) is 12.1 Å². The number of anilines is 3. The van der Waals surface area contributed by atoms with Crippen molar-refractivity contribution in [1.29, 1.82) is 0 Å². The van der Waals surface area contributed by atoms with Crippen LogP contribution in [0, 0.1) is 0 Å².